The Balaban J connectivity index is 2.40. The largest absolute Gasteiger partial charge is 0.447 e. The van der Waals surface area contributed by atoms with Crippen molar-refractivity contribution in [2.75, 3.05) is 0 Å². The summed E-state index contributed by atoms with van der Waals surface area (Å²) in [6, 6.07) is 9.56. The molecule has 0 aromatic heterocycles. The Kier molecular flexibility index (Phi) is 4.36. The van der Waals surface area contributed by atoms with Crippen LogP contribution >= 0.6 is 11.6 Å². The topological polar surface area (TPSA) is 76.2 Å². The van der Waals surface area contributed by atoms with Gasteiger partial charge in [0.2, 0.25) is 5.75 Å². The van der Waals surface area contributed by atoms with Crippen LogP contribution in [0.2, 0.25) is 0 Å². The minimum Gasteiger partial charge on any atom is -0.447 e. The lowest BCUT2D eigenvalue weighted by Gasteiger charge is -2.08. The van der Waals surface area contributed by atoms with Crippen molar-refractivity contribution >= 4 is 17.3 Å². The number of hydrogen-bond donors (Lipinski definition) is 0. The Hall–Kier alpha value is -2.65. The van der Waals surface area contributed by atoms with E-state index in [0.29, 0.717) is 5.56 Å². The summed E-state index contributed by atoms with van der Waals surface area (Å²) in [6.07, 6.45) is 0. The Bertz CT molecular complexity index is 743. The van der Waals surface area contributed by atoms with Crippen LogP contribution in [0.4, 0.5) is 10.1 Å². The van der Waals surface area contributed by atoms with Crippen LogP contribution in [-0.4, -0.2) is 4.92 Å². The monoisotopic (exact) mass is 306 g/mol. The summed E-state index contributed by atoms with van der Waals surface area (Å²) < 4.78 is 19.0. The maximum Gasteiger partial charge on any atom is 0.311 e. The van der Waals surface area contributed by atoms with E-state index >= 15 is 0 Å². The van der Waals surface area contributed by atoms with Crippen LogP contribution in [0.3, 0.4) is 0 Å². The maximum atomic E-state index is 13.7. The highest BCUT2D eigenvalue weighted by Crippen LogP contribution is 2.33. The first-order valence-electron chi connectivity index (χ1n) is 5.76. The van der Waals surface area contributed by atoms with Gasteiger partial charge in [0, 0.05) is 11.9 Å². The molecular weight excluding hydrogens is 299 g/mol. The van der Waals surface area contributed by atoms with E-state index in [-0.39, 0.29) is 28.6 Å². The molecule has 0 aliphatic heterocycles. The van der Waals surface area contributed by atoms with E-state index in [1.165, 1.54) is 24.3 Å². The highest BCUT2D eigenvalue weighted by atomic mass is 35.5. The molecule has 0 atom stereocenters. The van der Waals surface area contributed by atoms with Gasteiger partial charge in [-0.15, -0.1) is 11.6 Å². The van der Waals surface area contributed by atoms with Crippen LogP contribution < -0.4 is 4.74 Å². The number of ether oxygens (including phenoxy) is 1. The molecule has 5 nitrogen and oxygen atoms in total. The predicted octanol–water partition coefficient (Wildman–Crippen LogP) is 4.14. The van der Waals surface area contributed by atoms with Gasteiger partial charge in [0.25, 0.3) is 0 Å². The van der Waals surface area contributed by atoms with Gasteiger partial charge in [-0.2, -0.15) is 5.26 Å². The van der Waals surface area contributed by atoms with Crippen LogP contribution in [0.25, 0.3) is 0 Å². The normalized spacial score (nSPS) is 9.95. The van der Waals surface area contributed by atoms with Gasteiger partial charge in [-0.05, 0) is 29.8 Å². The molecule has 0 amide bonds. The fourth-order valence-corrected chi connectivity index (χ4v) is 1.81. The summed E-state index contributed by atoms with van der Waals surface area (Å²) in [7, 11) is 0. The van der Waals surface area contributed by atoms with Gasteiger partial charge in [0.15, 0.2) is 11.6 Å². The zero-order valence-electron chi connectivity index (χ0n) is 10.5. The van der Waals surface area contributed by atoms with Gasteiger partial charge >= 0.3 is 5.69 Å². The van der Waals surface area contributed by atoms with E-state index in [1.807, 2.05) is 0 Å². The Morgan fingerprint density at radius 1 is 1.29 bits per heavy atom. The standard InChI is InChI=1S/C14H8ClFN2O3/c15-7-9-1-4-14(12(6-9)18(19)20)21-13-3-2-10(8-17)5-11(13)16/h1-6H,7H2. The smallest absolute Gasteiger partial charge is 0.311 e. The van der Waals surface area contributed by atoms with Gasteiger partial charge in [-0.25, -0.2) is 4.39 Å². The molecule has 0 spiro atoms. The molecular formula is C14H8ClFN2O3. The van der Waals surface area contributed by atoms with E-state index in [0.717, 1.165) is 6.07 Å². The van der Waals surface area contributed by atoms with Crippen molar-refractivity contribution in [3.05, 3.63) is 63.5 Å². The molecule has 0 saturated carbocycles. The number of rotatable bonds is 4. The molecule has 106 valence electrons. The molecule has 2 aromatic rings. The number of nitriles is 1. The minimum absolute atomic E-state index is 0.0996. The van der Waals surface area contributed by atoms with Gasteiger partial charge < -0.3 is 4.74 Å². The number of benzene rings is 2. The zero-order valence-corrected chi connectivity index (χ0v) is 11.3. The maximum absolute atomic E-state index is 13.7. The summed E-state index contributed by atoms with van der Waals surface area (Å²) in [5, 5.41) is 19.7. The van der Waals surface area contributed by atoms with Crippen molar-refractivity contribution in [3.8, 4) is 17.6 Å². The van der Waals surface area contributed by atoms with Gasteiger partial charge in [-0.1, -0.05) is 6.07 Å². The molecule has 0 fully saturated rings. The van der Waals surface area contributed by atoms with Crippen molar-refractivity contribution in [1.82, 2.24) is 0 Å². The first kappa shape index (κ1) is 14.8. The summed E-state index contributed by atoms with van der Waals surface area (Å²) in [6.45, 7) is 0. The number of halogens is 2. The first-order valence-corrected chi connectivity index (χ1v) is 6.29. The summed E-state index contributed by atoms with van der Waals surface area (Å²) >= 11 is 5.62. The molecule has 0 aliphatic rings. The van der Waals surface area contributed by atoms with Crippen molar-refractivity contribution in [2.45, 2.75) is 5.88 Å². The lowest BCUT2D eigenvalue weighted by molar-refractivity contribution is -0.385. The third-order valence-corrected chi connectivity index (χ3v) is 2.96. The predicted molar refractivity (Wildman–Crippen MR) is 73.8 cm³/mol. The molecule has 0 N–H and O–H groups in total. The summed E-state index contributed by atoms with van der Waals surface area (Å²) in [5.74, 6) is -0.954. The van der Waals surface area contributed by atoms with Crippen molar-refractivity contribution in [2.24, 2.45) is 0 Å². The molecule has 2 aromatic carbocycles. The fraction of sp³-hybridized carbons (Fsp3) is 0.0714. The first-order chi connectivity index (χ1) is 10.0. The van der Waals surface area contributed by atoms with Crippen molar-refractivity contribution in [1.29, 1.82) is 5.26 Å². The average Bonchev–Trinajstić information content (AvgIpc) is 2.49. The lowest BCUT2D eigenvalue weighted by atomic mass is 10.2. The summed E-state index contributed by atoms with van der Waals surface area (Å²) in [4.78, 5) is 10.4. The van der Waals surface area contributed by atoms with Crippen LogP contribution in [0.5, 0.6) is 11.5 Å². The highest BCUT2D eigenvalue weighted by Gasteiger charge is 2.18. The molecule has 0 unspecified atom stereocenters. The molecule has 0 bridgehead atoms. The third kappa shape index (κ3) is 3.27. The Morgan fingerprint density at radius 3 is 2.57 bits per heavy atom. The minimum atomic E-state index is -0.773. The SMILES string of the molecule is N#Cc1ccc(Oc2ccc(CCl)cc2[N+](=O)[O-])c(F)c1. The molecule has 0 heterocycles. The number of nitrogens with zero attached hydrogens (tertiary/aromatic N) is 2. The summed E-state index contributed by atoms with van der Waals surface area (Å²) in [5.41, 5.74) is 0.375. The average molecular weight is 307 g/mol. The molecule has 0 saturated heterocycles. The Morgan fingerprint density at radius 2 is 2.00 bits per heavy atom. The second kappa shape index (κ2) is 6.20. The number of hydrogen-bond acceptors (Lipinski definition) is 4. The van der Waals surface area contributed by atoms with Crippen LogP contribution in [-0.2, 0) is 5.88 Å². The fourth-order valence-electron chi connectivity index (χ4n) is 1.65. The van der Waals surface area contributed by atoms with Gasteiger partial charge in [0.1, 0.15) is 0 Å². The third-order valence-electron chi connectivity index (χ3n) is 2.66. The molecule has 2 rings (SSSR count). The molecule has 0 radical (unpaired) electrons. The van der Waals surface area contributed by atoms with E-state index in [1.54, 1.807) is 12.1 Å². The molecule has 21 heavy (non-hydrogen) atoms. The van der Waals surface area contributed by atoms with Crippen molar-refractivity contribution in [3.63, 3.8) is 0 Å². The molecule has 0 aliphatic carbocycles. The molecule has 7 heteroatoms. The lowest BCUT2D eigenvalue weighted by Crippen LogP contribution is -1.96. The number of alkyl halides is 1. The van der Waals surface area contributed by atoms with Gasteiger partial charge in [-0.3, -0.25) is 10.1 Å². The van der Waals surface area contributed by atoms with Crippen molar-refractivity contribution < 1.29 is 14.1 Å². The van der Waals surface area contributed by atoms with Gasteiger partial charge in [0.05, 0.1) is 16.6 Å². The Labute approximate surface area is 124 Å². The quantitative estimate of drug-likeness (QED) is 0.483. The van der Waals surface area contributed by atoms with E-state index in [4.69, 9.17) is 21.6 Å². The van der Waals surface area contributed by atoms with Crippen LogP contribution in [0.1, 0.15) is 11.1 Å². The highest BCUT2D eigenvalue weighted by molar-refractivity contribution is 6.17. The zero-order chi connectivity index (χ0) is 15.4. The second-order valence-corrected chi connectivity index (χ2v) is 4.32. The number of nitro benzene ring substituents is 1. The number of nitro groups is 1. The van der Waals surface area contributed by atoms with E-state index < -0.39 is 10.7 Å². The van der Waals surface area contributed by atoms with Crippen LogP contribution in [0.15, 0.2) is 36.4 Å². The van der Waals surface area contributed by atoms with E-state index in [9.17, 15) is 14.5 Å². The van der Waals surface area contributed by atoms with E-state index in [2.05, 4.69) is 0 Å². The second-order valence-electron chi connectivity index (χ2n) is 4.05. The van der Waals surface area contributed by atoms with Crippen LogP contribution in [0, 0.1) is 27.3 Å².